The Kier molecular flexibility index (Phi) is 4.06. The number of phenols is 1. The molecule has 1 unspecified atom stereocenters. The average molecular weight is 309 g/mol. The van der Waals surface area contributed by atoms with Gasteiger partial charge < -0.3 is 14.7 Å². The van der Waals surface area contributed by atoms with E-state index in [4.69, 9.17) is 4.74 Å². The van der Waals surface area contributed by atoms with E-state index in [1.165, 1.54) is 0 Å². The summed E-state index contributed by atoms with van der Waals surface area (Å²) in [6, 6.07) is 14.7. The molecule has 0 amide bonds. The van der Waals surface area contributed by atoms with E-state index in [0.29, 0.717) is 17.7 Å². The van der Waals surface area contributed by atoms with Crippen molar-refractivity contribution in [3.63, 3.8) is 0 Å². The number of methoxy groups -OCH3 is 1. The van der Waals surface area contributed by atoms with E-state index in [1.807, 2.05) is 47.5 Å². The van der Waals surface area contributed by atoms with Gasteiger partial charge in [-0.15, -0.1) is 0 Å². The molecule has 2 aromatic rings. The van der Waals surface area contributed by atoms with Crippen LogP contribution in [-0.4, -0.2) is 18.0 Å². The van der Waals surface area contributed by atoms with Crippen LogP contribution in [0.4, 0.5) is 5.69 Å². The lowest BCUT2D eigenvalue weighted by molar-refractivity contribution is -0.116. The van der Waals surface area contributed by atoms with E-state index >= 15 is 0 Å². The van der Waals surface area contributed by atoms with Crippen LogP contribution in [0.3, 0.4) is 0 Å². The standard InChI is InChI=1S/C19H19NO3/c1-13-12-20(16-5-3-4-6-18(16)21)17(11-19(13)22)14-7-9-15(23-2)10-8-14/h3-10,12,17,21H,11H2,1-2H3. The molecule has 4 heteroatoms. The highest BCUT2D eigenvalue weighted by Crippen LogP contribution is 2.39. The molecule has 23 heavy (non-hydrogen) atoms. The number of hydrogen-bond acceptors (Lipinski definition) is 4. The second kappa shape index (κ2) is 6.16. The fraction of sp³-hybridized carbons (Fsp3) is 0.211. The topological polar surface area (TPSA) is 49.8 Å². The normalized spacial score (nSPS) is 17.8. The number of hydrogen-bond donors (Lipinski definition) is 1. The van der Waals surface area contributed by atoms with Gasteiger partial charge in [-0.05, 0) is 36.8 Å². The van der Waals surface area contributed by atoms with Gasteiger partial charge in [0.25, 0.3) is 0 Å². The Hall–Kier alpha value is -2.75. The van der Waals surface area contributed by atoms with Gasteiger partial charge in [0.05, 0.1) is 18.8 Å². The van der Waals surface area contributed by atoms with Crippen LogP contribution in [0.2, 0.25) is 0 Å². The van der Waals surface area contributed by atoms with Crippen molar-refractivity contribution < 1.29 is 14.6 Å². The number of anilines is 1. The lowest BCUT2D eigenvalue weighted by Gasteiger charge is -2.35. The van der Waals surface area contributed by atoms with Gasteiger partial charge in [-0.25, -0.2) is 0 Å². The number of nitrogens with zero attached hydrogens (tertiary/aromatic N) is 1. The third kappa shape index (κ3) is 2.93. The monoisotopic (exact) mass is 309 g/mol. The Labute approximate surface area is 135 Å². The maximum Gasteiger partial charge on any atom is 0.162 e. The van der Waals surface area contributed by atoms with E-state index in [2.05, 4.69) is 0 Å². The van der Waals surface area contributed by atoms with Crippen molar-refractivity contribution in [3.8, 4) is 11.5 Å². The number of phenolic OH excluding ortho intramolecular Hbond substituents is 1. The van der Waals surface area contributed by atoms with Crippen molar-refractivity contribution in [1.29, 1.82) is 0 Å². The minimum Gasteiger partial charge on any atom is -0.506 e. The van der Waals surface area contributed by atoms with E-state index < -0.39 is 0 Å². The second-order valence-corrected chi connectivity index (χ2v) is 5.62. The van der Waals surface area contributed by atoms with Crippen LogP contribution in [0.25, 0.3) is 0 Å². The van der Waals surface area contributed by atoms with Gasteiger partial charge in [0, 0.05) is 18.2 Å². The van der Waals surface area contributed by atoms with Crippen LogP contribution in [-0.2, 0) is 4.79 Å². The molecule has 0 spiro atoms. The zero-order valence-electron chi connectivity index (χ0n) is 13.2. The number of Topliss-reactive ketones (excluding diaryl/α,β-unsaturated/α-hetero) is 1. The van der Waals surface area contributed by atoms with E-state index in [1.54, 1.807) is 26.2 Å². The van der Waals surface area contributed by atoms with Crippen LogP contribution in [0.15, 0.2) is 60.3 Å². The first kappa shape index (κ1) is 15.2. The molecular weight excluding hydrogens is 290 g/mol. The summed E-state index contributed by atoms with van der Waals surface area (Å²) < 4.78 is 5.19. The highest BCUT2D eigenvalue weighted by Gasteiger charge is 2.29. The number of aromatic hydroxyl groups is 1. The van der Waals surface area contributed by atoms with Crippen molar-refractivity contribution in [2.75, 3.05) is 12.0 Å². The summed E-state index contributed by atoms with van der Waals surface area (Å²) in [4.78, 5) is 14.1. The minimum absolute atomic E-state index is 0.123. The van der Waals surface area contributed by atoms with Crippen LogP contribution in [0, 0.1) is 0 Å². The Morgan fingerprint density at radius 1 is 1.13 bits per heavy atom. The smallest absolute Gasteiger partial charge is 0.162 e. The summed E-state index contributed by atoms with van der Waals surface area (Å²) in [5.41, 5.74) is 2.39. The number of ketones is 1. The van der Waals surface area contributed by atoms with Gasteiger partial charge in [0.15, 0.2) is 5.78 Å². The SMILES string of the molecule is COc1ccc(C2CC(=O)C(C)=CN2c2ccccc2O)cc1. The average Bonchev–Trinajstić information content (AvgIpc) is 2.58. The highest BCUT2D eigenvalue weighted by atomic mass is 16.5. The number of rotatable bonds is 3. The van der Waals surface area contributed by atoms with Crippen molar-refractivity contribution in [2.24, 2.45) is 0 Å². The molecule has 0 aliphatic carbocycles. The van der Waals surface area contributed by atoms with Crippen LogP contribution in [0.5, 0.6) is 11.5 Å². The van der Waals surface area contributed by atoms with Crippen LogP contribution < -0.4 is 9.64 Å². The molecule has 0 bridgehead atoms. The first-order valence-electron chi connectivity index (χ1n) is 7.52. The number of allylic oxidation sites excluding steroid dienone is 1. The summed E-state index contributed by atoms with van der Waals surface area (Å²) >= 11 is 0. The molecule has 0 saturated heterocycles. The third-order valence-corrected chi connectivity index (χ3v) is 4.15. The van der Waals surface area contributed by atoms with Gasteiger partial charge in [-0.3, -0.25) is 4.79 Å². The summed E-state index contributed by atoms with van der Waals surface area (Å²) in [5, 5.41) is 10.2. The van der Waals surface area contributed by atoms with Crippen LogP contribution >= 0.6 is 0 Å². The van der Waals surface area contributed by atoms with E-state index in [9.17, 15) is 9.90 Å². The molecule has 1 aliphatic heterocycles. The maximum atomic E-state index is 12.2. The summed E-state index contributed by atoms with van der Waals surface area (Å²) in [5.74, 6) is 1.10. The van der Waals surface area contributed by atoms with Crippen molar-refractivity contribution >= 4 is 11.5 Å². The number of para-hydroxylation sites is 2. The molecule has 118 valence electrons. The molecule has 1 N–H and O–H groups in total. The van der Waals surface area contributed by atoms with Crippen molar-refractivity contribution in [3.05, 3.63) is 65.9 Å². The van der Waals surface area contributed by atoms with Gasteiger partial charge >= 0.3 is 0 Å². The third-order valence-electron chi connectivity index (χ3n) is 4.15. The molecular formula is C19H19NO3. The minimum atomic E-state index is -0.148. The Morgan fingerprint density at radius 3 is 2.48 bits per heavy atom. The maximum absolute atomic E-state index is 12.2. The predicted octanol–water partition coefficient (Wildman–Crippen LogP) is 3.83. The van der Waals surface area contributed by atoms with E-state index in [0.717, 1.165) is 11.3 Å². The number of carbonyl (C=O) groups is 1. The summed E-state index contributed by atoms with van der Waals surface area (Å²) in [6.45, 7) is 1.81. The fourth-order valence-electron chi connectivity index (χ4n) is 2.83. The Balaban J connectivity index is 2.05. The molecule has 1 atom stereocenters. The molecule has 1 aliphatic rings. The highest BCUT2D eigenvalue weighted by molar-refractivity contribution is 5.97. The lowest BCUT2D eigenvalue weighted by atomic mass is 9.93. The molecule has 0 fully saturated rings. The predicted molar refractivity (Wildman–Crippen MR) is 89.7 cm³/mol. The second-order valence-electron chi connectivity index (χ2n) is 5.62. The quantitative estimate of drug-likeness (QED) is 0.936. The fourth-order valence-corrected chi connectivity index (χ4v) is 2.83. The van der Waals surface area contributed by atoms with Crippen LogP contribution in [0.1, 0.15) is 24.9 Å². The first-order valence-corrected chi connectivity index (χ1v) is 7.52. The van der Waals surface area contributed by atoms with Gasteiger partial charge in [0.2, 0.25) is 0 Å². The number of benzene rings is 2. The van der Waals surface area contributed by atoms with Gasteiger partial charge in [-0.2, -0.15) is 0 Å². The Bertz CT molecular complexity index is 749. The van der Waals surface area contributed by atoms with Crippen molar-refractivity contribution in [1.82, 2.24) is 0 Å². The molecule has 0 radical (unpaired) electrons. The largest absolute Gasteiger partial charge is 0.506 e. The summed E-state index contributed by atoms with van der Waals surface area (Å²) in [7, 11) is 1.62. The number of ether oxygens (including phenoxy) is 1. The molecule has 4 nitrogen and oxygen atoms in total. The van der Waals surface area contributed by atoms with Gasteiger partial charge in [0.1, 0.15) is 11.5 Å². The first-order chi connectivity index (χ1) is 11.1. The van der Waals surface area contributed by atoms with Gasteiger partial charge in [-0.1, -0.05) is 24.3 Å². The van der Waals surface area contributed by atoms with Crippen molar-refractivity contribution in [2.45, 2.75) is 19.4 Å². The zero-order chi connectivity index (χ0) is 16.4. The Morgan fingerprint density at radius 2 is 1.83 bits per heavy atom. The lowest BCUT2D eigenvalue weighted by Crippen LogP contribution is -2.31. The molecule has 2 aromatic carbocycles. The number of carbonyl (C=O) groups excluding carboxylic acids is 1. The molecule has 1 heterocycles. The molecule has 0 aromatic heterocycles. The summed E-state index contributed by atoms with van der Waals surface area (Å²) in [6.07, 6.45) is 2.19. The van der Waals surface area contributed by atoms with E-state index in [-0.39, 0.29) is 17.6 Å². The zero-order valence-corrected chi connectivity index (χ0v) is 13.2. The molecule has 3 rings (SSSR count). The molecule has 0 saturated carbocycles.